The highest BCUT2D eigenvalue weighted by Crippen LogP contribution is 2.43. The van der Waals surface area contributed by atoms with E-state index in [1.54, 1.807) is 11.0 Å². The van der Waals surface area contributed by atoms with Gasteiger partial charge in [0.2, 0.25) is 6.41 Å². The third-order valence-corrected chi connectivity index (χ3v) is 4.78. The van der Waals surface area contributed by atoms with Crippen molar-refractivity contribution in [3.8, 4) is 5.75 Å². The highest BCUT2D eigenvalue weighted by molar-refractivity contribution is 6.44. The van der Waals surface area contributed by atoms with Gasteiger partial charge >= 0.3 is 0 Å². The summed E-state index contributed by atoms with van der Waals surface area (Å²) in [7, 11) is 0. The second-order valence-electron chi connectivity index (χ2n) is 5.26. The van der Waals surface area contributed by atoms with E-state index in [9.17, 15) is 9.90 Å². The van der Waals surface area contributed by atoms with Crippen molar-refractivity contribution < 1.29 is 9.90 Å². The predicted octanol–water partition coefficient (Wildman–Crippen LogP) is 4.38. The number of phenolic OH excluding ortho intramolecular Hbond substituents is 1. The van der Waals surface area contributed by atoms with Crippen molar-refractivity contribution in [1.29, 1.82) is 0 Å². The van der Waals surface area contributed by atoms with Gasteiger partial charge in [0.15, 0.2) is 0 Å². The molecule has 1 N–H and O–H groups in total. The van der Waals surface area contributed by atoms with Gasteiger partial charge in [0.1, 0.15) is 10.8 Å². The average Bonchev–Trinajstić information content (AvgIpc) is 2.40. The van der Waals surface area contributed by atoms with Crippen molar-refractivity contribution >= 4 is 35.3 Å². The normalized spacial score (nSPS) is 18.1. The van der Waals surface area contributed by atoms with E-state index in [1.807, 2.05) is 0 Å². The first-order valence-electron chi connectivity index (χ1n) is 6.41. The highest BCUT2D eigenvalue weighted by atomic mass is 35.5. The zero-order chi connectivity index (χ0) is 14.0. The van der Waals surface area contributed by atoms with Crippen LogP contribution in [0, 0.1) is 0 Å². The monoisotopic (exact) mass is 301 g/mol. The van der Waals surface area contributed by atoms with E-state index in [2.05, 4.69) is 6.92 Å². The molecule has 0 unspecified atom stereocenters. The molecular formula is C14H17Cl2NO2. The second kappa shape index (κ2) is 5.59. The molecule has 1 fully saturated rings. The first-order valence-corrected chi connectivity index (χ1v) is 7.17. The number of amides is 1. The number of carbonyl (C=O) groups is 1. The zero-order valence-corrected chi connectivity index (χ0v) is 12.3. The third kappa shape index (κ3) is 2.67. The Morgan fingerprint density at radius 2 is 1.84 bits per heavy atom. The fourth-order valence-electron chi connectivity index (χ4n) is 2.74. The van der Waals surface area contributed by atoms with Crippen LogP contribution in [0.4, 0.5) is 5.69 Å². The summed E-state index contributed by atoms with van der Waals surface area (Å²) in [6.07, 6.45) is 6.10. The van der Waals surface area contributed by atoms with Crippen molar-refractivity contribution in [2.75, 3.05) is 4.90 Å². The lowest BCUT2D eigenvalue weighted by molar-refractivity contribution is -0.108. The van der Waals surface area contributed by atoms with E-state index in [1.165, 1.54) is 12.5 Å². The van der Waals surface area contributed by atoms with Gasteiger partial charge in [-0.05, 0) is 31.9 Å². The van der Waals surface area contributed by atoms with Crippen LogP contribution in [0.15, 0.2) is 12.1 Å². The van der Waals surface area contributed by atoms with Crippen LogP contribution in [0.5, 0.6) is 5.75 Å². The lowest BCUT2D eigenvalue weighted by Crippen LogP contribution is -2.47. The first-order chi connectivity index (χ1) is 8.99. The maximum absolute atomic E-state index is 11.5. The molecule has 0 bridgehead atoms. The summed E-state index contributed by atoms with van der Waals surface area (Å²) < 4.78 is 0. The van der Waals surface area contributed by atoms with E-state index in [-0.39, 0.29) is 21.3 Å². The van der Waals surface area contributed by atoms with Crippen LogP contribution in [-0.4, -0.2) is 17.1 Å². The lowest BCUT2D eigenvalue weighted by Gasteiger charge is -2.42. The molecule has 1 aromatic carbocycles. The van der Waals surface area contributed by atoms with E-state index in [0.717, 1.165) is 32.1 Å². The number of hydrogen-bond donors (Lipinski definition) is 1. The lowest BCUT2D eigenvalue weighted by atomic mass is 9.82. The maximum atomic E-state index is 11.5. The van der Waals surface area contributed by atoms with Gasteiger partial charge in [-0.25, -0.2) is 0 Å². The smallest absolute Gasteiger partial charge is 0.214 e. The molecule has 0 aromatic heterocycles. The van der Waals surface area contributed by atoms with Gasteiger partial charge in [-0.2, -0.15) is 0 Å². The van der Waals surface area contributed by atoms with Crippen LogP contribution in [0.3, 0.4) is 0 Å². The largest absolute Gasteiger partial charge is 0.506 e. The Hall–Kier alpha value is -0.930. The Bertz CT molecular complexity index is 485. The van der Waals surface area contributed by atoms with Crippen LogP contribution in [0.2, 0.25) is 10.0 Å². The summed E-state index contributed by atoms with van der Waals surface area (Å²) in [4.78, 5) is 13.2. The van der Waals surface area contributed by atoms with Crippen molar-refractivity contribution in [1.82, 2.24) is 0 Å². The molecule has 1 aliphatic carbocycles. The fraction of sp³-hybridized carbons (Fsp3) is 0.500. The van der Waals surface area contributed by atoms with Gasteiger partial charge in [-0.15, -0.1) is 0 Å². The Morgan fingerprint density at radius 3 is 2.42 bits per heavy atom. The molecule has 0 radical (unpaired) electrons. The SMILES string of the molecule is CC1(N(C=O)c2ccc(O)c(Cl)c2Cl)CCCCC1. The van der Waals surface area contributed by atoms with Crippen LogP contribution < -0.4 is 4.90 Å². The number of aromatic hydroxyl groups is 1. The molecule has 0 aliphatic heterocycles. The summed E-state index contributed by atoms with van der Waals surface area (Å²) in [5.74, 6) is -0.0740. The minimum Gasteiger partial charge on any atom is -0.506 e. The van der Waals surface area contributed by atoms with Crippen molar-refractivity contribution in [2.24, 2.45) is 0 Å². The molecule has 1 aromatic rings. The van der Waals surface area contributed by atoms with Crippen molar-refractivity contribution in [2.45, 2.75) is 44.6 Å². The average molecular weight is 302 g/mol. The van der Waals surface area contributed by atoms with Gasteiger partial charge in [0.25, 0.3) is 0 Å². The van der Waals surface area contributed by atoms with Crippen molar-refractivity contribution in [3.63, 3.8) is 0 Å². The molecule has 1 saturated carbocycles. The minimum atomic E-state index is -0.232. The van der Waals surface area contributed by atoms with Gasteiger partial charge < -0.3 is 10.0 Å². The number of anilines is 1. The summed E-state index contributed by atoms with van der Waals surface area (Å²) in [6, 6.07) is 3.10. The molecule has 19 heavy (non-hydrogen) atoms. The molecule has 104 valence electrons. The van der Waals surface area contributed by atoms with E-state index in [4.69, 9.17) is 23.2 Å². The Labute approximate surface area is 123 Å². The molecule has 0 atom stereocenters. The molecular weight excluding hydrogens is 285 g/mol. The van der Waals surface area contributed by atoms with Gasteiger partial charge in [0, 0.05) is 5.54 Å². The first kappa shape index (κ1) is 14.5. The summed E-state index contributed by atoms with van der Waals surface area (Å²) in [6.45, 7) is 2.07. The van der Waals surface area contributed by atoms with Crippen LogP contribution in [0.1, 0.15) is 39.0 Å². The van der Waals surface area contributed by atoms with Crippen LogP contribution >= 0.6 is 23.2 Å². The van der Waals surface area contributed by atoms with Gasteiger partial charge in [-0.1, -0.05) is 42.5 Å². The van der Waals surface area contributed by atoms with E-state index < -0.39 is 0 Å². The number of rotatable bonds is 3. The quantitative estimate of drug-likeness (QED) is 0.841. The standard InChI is InChI=1S/C14H17Cl2NO2/c1-14(7-3-2-4-8-14)17(9-18)10-5-6-11(19)13(16)12(10)15/h5-6,9,19H,2-4,7-8H2,1H3. The molecule has 2 rings (SSSR count). The predicted molar refractivity (Wildman–Crippen MR) is 78.2 cm³/mol. The van der Waals surface area contributed by atoms with Gasteiger partial charge in [-0.3, -0.25) is 4.79 Å². The summed E-state index contributed by atoms with van der Waals surface area (Å²) in [5.41, 5.74) is 0.327. The third-order valence-electron chi connectivity index (χ3n) is 3.92. The zero-order valence-electron chi connectivity index (χ0n) is 10.8. The molecule has 1 aliphatic rings. The molecule has 5 heteroatoms. The van der Waals surface area contributed by atoms with E-state index in [0.29, 0.717) is 5.69 Å². The number of benzene rings is 1. The minimum absolute atomic E-state index is 0.0740. The summed E-state index contributed by atoms with van der Waals surface area (Å²) in [5, 5.41) is 9.84. The number of nitrogens with zero attached hydrogens (tertiary/aromatic N) is 1. The maximum Gasteiger partial charge on any atom is 0.214 e. The number of halogens is 2. The molecule has 0 heterocycles. The molecule has 1 amide bonds. The highest BCUT2D eigenvalue weighted by Gasteiger charge is 2.35. The number of phenols is 1. The molecule has 3 nitrogen and oxygen atoms in total. The molecule has 0 saturated heterocycles. The molecule has 0 spiro atoms. The topological polar surface area (TPSA) is 40.5 Å². The Morgan fingerprint density at radius 1 is 1.21 bits per heavy atom. The fourth-order valence-corrected chi connectivity index (χ4v) is 3.15. The van der Waals surface area contributed by atoms with Gasteiger partial charge in [0.05, 0.1) is 10.7 Å². The Kier molecular flexibility index (Phi) is 4.26. The van der Waals surface area contributed by atoms with E-state index >= 15 is 0 Å². The van der Waals surface area contributed by atoms with Crippen LogP contribution in [0.25, 0.3) is 0 Å². The Balaban J connectivity index is 2.42. The number of hydrogen-bond acceptors (Lipinski definition) is 2. The van der Waals surface area contributed by atoms with Crippen molar-refractivity contribution in [3.05, 3.63) is 22.2 Å². The second-order valence-corrected chi connectivity index (χ2v) is 6.02. The number of carbonyl (C=O) groups excluding carboxylic acids is 1. The summed E-state index contributed by atoms with van der Waals surface area (Å²) >= 11 is 12.1. The van der Waals surface area contributed by atoms with Crippen LogP contribution in [-0.2, 0) is 4.79 Å².